The predicted octanol–water partition coefficient (Wildman–Crippen LogP) is 3.25. The van der Waals surface area contributed by atoms with Gasteiger partial charge in [0.05, 0.1) is 6.61 Å². The Kier molecular flexibility index (Phi) is 5.64. The summed E-state index contributed by atoms with van der Waals surface area (Å²) in [4.78, 5) is 28.9. The number of nitrogens with zero attached hydrogens (tertiary/aromatic N) is 2. The van der Waals surface area contributed by atoms with Crippen LogP contribution in [0.25, 0.3) is 11.1 Å². The summed E-state index contributed by atoms with van der Waals surface area (Å²) in [7, 11) is 0. The molecule has 2 saturated heterocycles. The summed E-state index contributed by atoms with van der Waals surface area (Å²) in [6.45, 7) is 3.99. The molecular weight excluding hydrogens is 390 g/mol. The molecule has 0 spiro atoms. The first kappa shape index (κ1) is 20.1. The SMILES string of the molecule is O=C(c1ccc(-c2cccc(NCC3CC3)c2)cc1)N1CCN(C(=O)C2CCO2)CC1. The molecule has 1 N–H and O–H groups in total. The standard InChI is InChI=1S/C25H29N3O3/c29-24(27-11-13-28(14-12-27)25(30)23-10-15-31-23)20-8-6-19(7-9-20)21-2-1-3-22(16-21)26-17-18-4-5-18/h1-3,6-9,16,18,23,26H,4-5,10-15,17H2. The Morgan fingerprint density at radius 2 is 1.61 bits per heavy atom. The zero-order valence-electron chi connectivity index (χ0n) is 17.8. The van der Waals surface area contributed by atoms with Crippen LogP contribution in [-0.2, 0) is 9.53 Å². The highest BCUT2D eigenvalue weighted by Crippen LogP contribution is 2.30. The van der Waals surface area contributed by atoms with Crippen LogP contribution in [0.4, 0.5) is 5.69 Å². The van der Waals surface area contributed by atoms with Gasteiger partial charge in [0.1, 0.15) is 6.10 Å². The van der Waals surface area contributed by atoms with Gasteiger partial charge in [0.2, 0.25) is 0 Å². The molecule has 0 radical (unpaired) electrons. The second kappa shape index (κ2) is 8.71. The number of amides is 2. The third-order valence-electron chi connectivity index (χ3n) is 6.47. The summed E-state index contributed by atoms with van der Waals surface area (Å²) in [5, 5.41) is 3.52. The molecule has 2 heterocycles. The Morgan fingerprint density at radius 1 is 0.903 bits per heavy atom. The second-order valence-electron chi connectivity index (χ2n) is 8.75. The molecule has 6 nitrogen and oxygen atoms in total. The van der Waals surface area contributed by atoms with Gasteiger partial charge in [-0.3, -0.25) is 9.59 Å². The molecule has 1 atom stereocenters. The number of benzene rings is 2. The highest BCUT2D eigenvalue weighted by Gasteiger charge is 2.33. The fourth-order valence-corrected chi connectivity index (χ4v) is 4.14. The average molecular weight is 420 g/mol. The van der Waals surface area contributed by atoms with Crippen molar-refractivity contribution in [2.45, 2.75) is 25.4 Å². The van der Waals surface area contributed by atoms with Gasteiger partial charge in [-0.1, -0.05) is 24.3 Å². The van der Waals surface area contributed by atoms with Crippen LogP contribution in [0.1, 0.15) is 29.6 Å². The largest absolute Gasteiger partial charge is 0.385 e. The van der Waals surface area contributed by atoms with E-state index in [1.165, 1.54) is 12.8 Å². The van der Waals surface area contributed by atoms with Gasteiger partial charge >= 0.3 is 0 Å². The fraction of sp³-hybridized carbons (Fsp3) is 0.440. The molecule has 0 bridgehead atoms. The van der Waals surface area contributed by atoms with Gasteiger partial charge in [-0.15, -0.1) is 0 Å². The predicted molar refractivity (Wildman–Crippen MR) is 120 cm³/mol. The molecule has 2 aliphatic heterocycles. The molecule has 31 heavy (non-hydrogen) atoms. The maximum Gasteiger partial charge on any atom is 0.253 e. The fourth-order valence-electron chi connectivity index (χ4n) is 4.14. The smallest absolute Gasteiger partial charge is 0.253 e. The topological polar surface area (TPSA) is 61.9 Å². The lowest BCUT2D eigenvalue weighted by Gasteiger charge is -2.38. The van der Waals surface area contributed by atoms with Crippen molar-refractivity contribution >= 4 is 17.5 Å². The van der Waals surface area contributed by atoms with Crippen molar-refractivity contribution in [3.63, 3.8) is 0 Å². The minimum atomic E-state index is -0.266. The number of rotatable bonds is 6. The van der Waals surface area contributed by atoms with Crippen LogP contribution in [0.15, 0.2) is 48.5 Å². The number of carbonyl (C=O) groups excluding carboxylic acids is 2. The lowest BCUT2D eigenvalue weighted by molar-refractivity contribution is -0.157. The van der Waals surface area contributed by atoms with E-state index in [1.807, 2.05) is 34.1 Å². The number of ether oxygens (including phenoxy) is 1. The quantitative estimate of drug-likeness (QED) is 0.781. The van der Waals surface area contributed by atoms with Crippen LogP contribution in [0, 0.1) is 5.92 Å². The van der Waals surface area contributed by atoms with E-state index >= 15 is 0 Å². The minimum Gasteiger partial charge on any atom is -0.385 e. The number of carbonyl (C=O) groups is 2. The van der Waals surface area contributed by atoms with E-state index in [0.29, 0.717) is 38.3 Å². The molecular formula is C25H29N3O3. The van der Waals surface area contributed by atoms with Crippen molar-refractivity contribution in [1.82, 2.24) is 9.80 Å². The minimum absolute atomic E-state index is 0.0263. The number of anilines is 1. The molecule has 0 aromatic heterocycles. The molecule has 5 rings (SSSR count). The van der Waals surface area contributed by atoms with E-state index in [1.54, 1.807) is 0 Å². The van der Waals surface area contributed by atoms with Crippen LogP contribution in [0.2, 0.25) is 0 Å². The lowest BCUT2D eigenvalue weighted by Crippen LogP contribution is -2.54. The van der Waals surface area contributed by atoms with Gasteiger partial charge in [0.25, 0.3) is 11.8 Å². The molecule has 3 fully saturated rings. The first-order chi connectivity index (χ1) is 15.2. The molecule has 1 unspecified atom stereocenters. The highest BCUT2D eigenvalue weighted by molar-refractivity contribution is 5.95. The van der Waals surface area contributed by atoms with Gasteiger partial charge in [-0.05, 0) is 54.2 Å². The van der Waals surface area contributed by atoms with Gasteiger partial charge in [-0.2, -0.15) is 0 Å². The lowest BCUT2D eigenvalue weighted by atomic mass is 10.0. The molecule has 3 aliphatic rings. The zero-order valence-corrected chi connectivity index (χ0v) is 17.8. The summed E-state index contributed by atoms with van der Waals surface area (Å²) in [6.07, 6.45) is 3.21. The van der Waals surface area contributed by atoms with Crippen molar-refractivity contribution in [3.8, 4) is 11.1 Å². The molecule has 6 heteroatoms. The number of piperazine rings is 1. The van der Waals surface area contributed by atoms with E-state index in [9.17, 15) is 9.59 Å². The van der Waals surface area contributed by atoms with Crippen LogP contribution in [-0.4, -0.2) is 67.0 Å². The normalized spacial score (nSPS) is 20.8. The van der Waals surface area contributed by atoms with Crippen LogP contribution in [0.3, 0.4) is 0 Å². The molecule has 162 valence electrons. The first-order valence-electron chi connectivity index (χ1n) is 11.3. The maximum absolute atomic E-state index is 12.9. The Bertz CT molecular complexity index is 943. The Labute approximate surface area is 183 Å². The summed E-state index contributed by atoms with van der Waals surface area (Å²) in [6, 6.07) is 16.3. The van der Waals surface area contributed by atoms with Crippen molar-refractivity contribution in [1.29, 1.82) is 0 Å². The van der Waals surface area contributed by atoms with Crippen molar-refractivity contribution in [2.75, 3.05) is 44.6 Å². The van der Waals surface area contributed by atoms with E-state index in [4.69, 9.17) is 4.74 Å². The molecule has 1 aliphatic carbocycles. The van der Waals surface area contributed by atoms with E-state index in [2.05, 4.69) is 29.6 Å². The van der Waals surface area contributed by atoms with Crippen LogP contribution < -0.4 is 5.32 Å². The van der Waals surface area contributed by atoms with E-state index in [0.717, 1.165) is 35.7 Å². The average Bonchev–Trinajstić information content (AvgIpc) is 3.61. The Balaban J connectivity index is 1.18. The molecule has 2 aromatic carbocycles. The van der Waals surface area contributed by atoms with Gasteiger partial charge < -0.3 is 19.9 Å². The molecule has 2 amide bonds. The summed E-state index contributed by atoms with van der Waals surface area (Å²) >= 11 is 0. The van der Waals surface area contributed by atoms with E-state index in [-0.39, 0.29) is 17.9 Å². The van der Waals surface area contributed by atoms with Crippen molar-refractivity contribution < 1.29 is 14.3 Å². The summed E-state index contributed by atoms with van der Waals surface area (Å²) in [5.41, 5.74) is 4.07. The Hall–Kier alpha value is -2.86. The summed E-state index contributed by atoms with van der Waals surface area (Å²) < 4.78 is 5.30. The monoisotopic (exact) mass is 419 g/mol. The van der Waals surface area contributed by atoms with E-state index < -0.39 is 0 Å². The third kappa shape index (κ3) is 4.59. The zero-order chi connectivity index (χ0) is 21.2. The van der Waals surface area contributed by atoms with Crippen molar-refractivity contribution in [3.05, 3.63) is 54.1 Å². The third-order valence-corrected chi connectivity index (χ3v) is 6.47. The Morgan fingerprint density at radius 3 is 2.26 bits per heavy atom. The second-order valence-corrected chi connectivity index (χ2v) is 8.75. The van der Waals surface area contributed by atoms with Gasteiger partial charge in [0, 0.05) is 50.4 Å². The molecule has 1 saturated carbocycles. The highest BCUT2D eigenvalue weighted by atomic mass is 16.5. The maximum atomic E-state index is 12.9. The van der Waals surface area contributed by atoms with Crippen LogP contribution in [0.5, 0.6) is 0 Å². The molecule has 2 aromatic rings. The van der Waals surface area contributed by atoms with Crippen molar-refractivity contribution in [2.24, 2.45) is 5.92 Å². The number of hydrogen-bond acceptors (Lipinski definition) is 4. The van der Waals surface area contributed by atoms with Gasteiger partial charge in [-0.25, -0.2) is 0 Å². The number of nitrogens with one attached hydrogen (secondary N) is 1. The first-order valence-corrected chi connectivity index (χ1v) is 11.3. The summed E-state index contributed by atoms with van der Waals surface area (Å²) in [5.74, 6) is 0.926. The van der Waals surface area contributed by atoms with Crippen LogP contribution >= 0.6 is 0 Å². The van der Waals surface area contributed by atoms with Gasteiger partial charge in [0.15, 0.2) is 0 Å². The number of hydrogen-bond donors (Lipinski definition) is 1.